The molecule has 3 rings (SSSR count). The van der Waals surface area contributed by atoms with Gasteiger partial charge in [-0.15, -0.1) is 0 Å². The fourth-order valence-corrected chi connectivity index (χ4v) is 4.24. The van der Waals surface area contributed by atoms with Gasteiger partial charge >= 0.3 is 12.2 Å². The molecule has 0 spiro atoms. The van der Waals surface area contributed by atoms with Crippen molar-refractivity contribution in [2.75, 3.05) is 25.7 Å². The SMILES string of the molecule is CCOC(=O)N(Cc1ccccc1)[C@H]1C[C@H](CC)N(C(=O)O)c2cc(OC)c(OC)cc21. The van der Waals surface area contributed by atoms with Crippen LogP contribution in [0.5, 0.6) is 11.5 Å². The zero-order valence-corrected chi connectivity index (χ0v) is 18.9. The van der Waals surface area contributed by atoms with E-state index in [1.54, 1.807) is 24.0 Å². The lowest BCUT2D eigenvalue weighted by Gasteiger charge is -2.43. The van der Waals surface area contributed by atoms with Crippen molar-refractivity contribution in [2.24, 2.45) is 0 Å². The second-order valence-electron chi connectivity index (χ2n) is 7.54. The number of nitrogens with zero attached hydrogens (tertiary/aromatic N) is 2. The first-order valence-electron chi connectivity index (χ1n) is 10.7. The van der Waals surface area contributed by atoms with E-state index in [-0.39, 0.29) is 12.6 Å². The van der Waals surface area contributed by atoms with E-state index in [1.165, 1.54) is 19.1 Å². The Balaban J connectivity index is 2.16. The van der Waals surface area contributed by atoms with Gasteiger partial charge in [0.05, 0.1) is 32.6 Å². The molecule has 1 aliphatic heterocycles. The number of anilines is 1. The van der Waals surface area contributed by atoms with E-state index < -0.39 is 18.2 Å². The summed E-state index contributed by atoms with van der Waals surface area (Å²) in [5, 5.41) is 9.98. The van der Waals surface area contributed by atoms with Gasteiger partial charge in [-0.2, -0.15) is 0 Å². The third kappa shape index (κ3) is 4.59. The molecule has 0 saturated heterocycles. The summed E-state index contributed by atoms with van der Waals surface area (Å²) in [5.41, 5.74) is 2.12. The van der Waals surface area contributed by atoms with Crippen molar-refractivity contribution in [3.63, 3.8) is 0 Å². The zero-order valence-electron chi connectivity index (χ0n) is 18.9. The highest BCUT2D eigenvalue weighted by molar-refractivity contribution is 5.90. The van der Waals surface area contributed by atoms with Crippen LogP contribution < -0.4 is 14.4 Å². The number of hydrogen-bond acceptors (Lipinski definition) is 5. The zero-order chi connectivity index (χ0) is 23.3. The number of hydrogen-bond donors (Lipinski definition) is 1. The van der Waals surface area contributed by atoms with Crippen molar-refractivity contribution in [1.29, 1.82) is 0 Å². The molecular formula is C24H30N2O6. The number of carbonyl (C=O) groups excluding carboxylic acids is 1. The summed E-state index contributed by atoms with van der Waals surface area (Å²) in [6.07, 6.45) is -0.453. The van der Waals surface area contributed by atoms with Gasteiger partial charge < -0.3 is 19.3 Å². The van der Waals surface area contributed by atoms with Gasteiger partial charge in [0.15, 0.2) is 11.5 Å². The fourth-order valence-electron chi connectivity index (χ4n) is 4.24. The molecule has 0 aliphatic carbocycles. The predicted molar refractivity (Wildman–Crippen MR) is 120 cm³/mol. The first-order chi connectivity index (χ1) is 15.4. The molecule has 32 heavy (non-hydrogen) atoms. The highest BCUT2D eigenvalue weighted by Crippen LogP contribution is 2.46. The molecule has 1 N–H and O–H groups in total. The predicted octanol–water partition coefficient (Wildman–Crippen LogP) is 5.07. The summed E-state index contributed by atoms with van der Waals surface area (Å²) in [6, 6.07) is 12.4. The molecule has 0 bridgehead atoms. The van der Waals surface area contributed by atoms with Gasteiger partial charge in [-0.1, -0.05) is 37.3 Å². The van der Waals surface area contributed by atoms with Gasteiger partial charge in [0, 0.05) is 24.2 Å². The lowest BCUT2D eigenvalue weighted by atomic mass is 9.88. The van der Waals surface area contributed by atoms with Crippen LogP contribution in [0.4, 0.5) is 15.3 Å². The second-order valence-corrected chi connectivity index (χ2v) is 7.54. The van der Waals surface area contributed by atoms with Crippen LogP contribution >= 0.6 is 0 Å². The molecular weight excluding hydrogens is 412 g/mol. The fraction of sp³-hybridized carbons (Fsp3) is 0.417. The normalized spacial score (nSPS) is 17.3. The number of methoxy groups -OCH3 is 2. The molecule has 8 nitrogen and oxygen atoms in total. The Labute approximate surface area is 188 Å². The molecule has 2 aromatic rings. The highest BCUT2D eigenvalue weighted by Gasteiger charge is 2.40. The van der Waals surface area contributed by atoms with Crippen LogP contribution in [0.15, 0.2) is 42.5 Å². The van der Waals surface area contributed by atoms with E-state index in [4.69, 9.17) is 14.2 Å². The molecule has 1 aliphatic rings. The van der Waals surface area contributed by atoms with Crippen LogP contribution in [0.3, 0.4) is 0 Å². The van der Waals surface area contributed by atoms with Gasteiger partial charge in [0.2, 0.25) is 0 Å². The number of carbonyl (C=O) groups is 2. The maximum absolute atomic E-state index is 13.1. The highest BCUT2D eigenvalue weighted by atomic mass is 16.6. The van der Waals surface area contributed by atoms with Crippen molar-refractivity contribution in [2.45, 2.75) is 45.3 Å². The minimum Gasteiger partial charge on any atom is -0.493 e. The standard InChI is InChI=1S/C24H30N2O6/c1-5-17-12-19(25(24(29)32-6-2)15-16-10-8-7-9-11-16)18-13-21(30-3)22(31-4)14-20(18)26(17)23(27)28/h7-11,13-14,17,19H,5-6,12,15H2,1-4H3,(H,27,28)/t17-,19-/m0/s1. The van der Waals surface area contributed by atoms with E-state index in [0.717, 1.165) is 5.56 Å². The first kappa shape index (κ1) is 23.2. The average Bonchev–Trinajstić information content (AvgIpc) is 2.81. The minimum atomic E-state index is -1.05. The largest absolute Gasteiger partial charge is 0.493 e. The Morgan fingerprint density at radius 3 is 2.31 bits per heavy atom. The second kappa shape index (κ2) is 10.3. The lowest BCUT2D eigenvalue weighted by molar-refractivity contribution is 0.0806. The topological polar surface area (TPSA) is 88.5 Å². The van der Waals surface area contributed by atoms with Crippen molar-refractivity contribution in [3.8, 4) is 11.5 Å². The molecule has 8 heteroatoms. The number of benzene rings is 2. The summed E-state index contributed by atoms with van der Waals surface area (Å²) in [4.78, 5) is 28.3. The quantitative estimate of drug-likeness (QED) is 0.644. The van der Waals surface area contributed by atoms with Crippen molar-refractivity contribution in [1.82, 2.24) is 4.90 Å². The van der Waals surface area contributed by atoms with Crippen LogP contribution in [-0.2, 0) is 11.3 Å². The summed E-state index contributed by atoms with van der Waals surface area (Å²) in [5.74, 6) is 0.902. The molecule has 2 atom stereocenters. The Morgan fingerprint density at radius 2 is 1.75 bits per heavy atom. The molecule has 0 aromatic heterocycles. The Kier molecular flexibility index (Phi) is 7.45. The number of rotatable bonds is 7. The van der Waals surface area contributed by atoms with E-state index in [0.29, 0.717) is 42.1 Å². The van der Waals surface area contributed by atoms with E-state index in [9.17, 15) is 14.7 Å². The van der Waals surface area contributed by atoms with Crippen LogP contribution in [0.25, 0.3) is 0 Å². The molecule has 0 radical (unpaired) electrons. The van der Waals surface area contributed by atoms with Gasteiger partial charge in [0.25, 0.3) is 0 Å². The van der Waals surface area contributed by atoms with Crippen molar-refractivity contribution in [3.05, 3.63) is 53.6 Å². The van der Waals surface area contributed by atoms with Crippen LogP contribution in [0, 0.1) is 0 Å². The van der Waals surface area contributed by atoms with E-state index in [2.05, 4.69) is 0 Å². The molecule has 0 saturated carbocycles. The monoisotopic (exact) mass is 442 g/mol. The van der Waals surface area contributed by atoms with Crippen LogP contribution in [0.1, 0.15) is 43.9 Å². The number of fused-ring (bicyclic) bond motifs is 1. The summed E-state index contributed by atoms with van der Waals surface area (Å²) < 4.78 is 16.3. The third-order valence-corrected chi connectivity index (χ3v) is 5.76. The minimum absolute atomic E-state index is 0.244. The summed E-state index contributed by atoms with van der Waals surface area (Å²) in [6.45, 7) is 4.29. The van der Waals surface area contributed by atoms with Gasteiger partial charge in [-0.25, -0.2) is 9.59 Å². The van der Waals surface area contributed by atoms with Crippen molar-refractivity contribution < 1.29 is 28.9 Å². The average molecular weight is 443 g/mol. The van der Waals surface area contributed by atoms with Crippen LogP contribution in [-0.4, -0.2) is 49.1 Å². The summed E-state index contributed by atoms with van der Waals surface area (Å²) >= 11 is 0. The smallest absolute Gasteiger partial charge is 0.412 e. The van der Waals surface area contributed by atoms with Gasteiger partial charge in [-0.05, 0) is 31.4 Å². The first-order valence-corrected chi connectivity index (χ1v) is 10.7. The molecule has 0 unspecified atom stereocenters. The number of carboxylic acid groups (broad SMARTS) is 1. The molecule has 172 valence electrons. The van der Waals surface area contributed by atoms with E-state index in [1.807, 2.05) is 37.3 Å². The number of ether oxygens (including phenoxy) is 3. The van der Waals surface area contributed by atoms with Gasteiger partial charge in [-0.3, -0.25) is 9.80 Å². The Hall–Kier alpha value is -3.42. The van der Waals surface area contributed by atoms with Gasteiger partial charge in [0.1, 0.15) is 0 Å². The number of amides is 2. The Bertz CT molecular complexity index is 949. The molecule has 1 heterocycles. The van der Waals surface area contributed by atoms with E-state index >= 15 is 0 Å². The maximum atomic E-state index is 13.1. The Morgan fingerprint density at radius 1 is 1.09 bits per heavy atom. The lowest BCUT2D eigenvalue weighted by Crippen LogP contribution is -2.48. The summed E-state index contributed by atoms with van der Waals surface area (Å²) in [7, 11) is 3.03. The maximum Gasteiger partial charge on any atom is 0.412 e. The molecule has 2 aromatic carbocycles. The molecule has 0 fully saturated rings. The van der Waals surface area contributed by atoms with Crippen molar-refractivity contribution >= 4 is 17.9 Å². The third-order valence-electron chi connectivity index (χ3n) is 5.76. The molecule has 2 amide bonds. The van der Waals surface area contributed by atoms with Crippen LogP contribution in [0.2, 0.25) is 0 Å².